The maximum absolute atomic E-state index is 13.5. The number of aliphatic hydroxyl groups is 3. The van der Waals surface area contributed by atoms with Crippen LogP contribution in [-0.4, -0.2) is 83.6 Å². The molecule has 0 aromatic heterocycles. The van der Waals surface area contributed by atoms with Crippen LogP contribution < -0.4 is 15.0 Å². The Morgan fingerprint density at radius 1 is 0.885 bits per heavy atom. The largest absolute Gasteiger partial charge is 0.493 e. The summed E-state index contributed by atoms with van der Waals surface area (Å²) in [7, 11) is 0. The summed E-state index contributed by atoms with van der Waals surface area (Å²) in [5.41, 5.74) is 3.50. The topological polar surface area (TPSA) is 164 Å². The fraction of sp³-hybridized carbons (Fsp3) is 0.475. The van der Waals surface area contributed by atoms with Crippen molar-refractivity contribution >= 4 is 23.5 Å². The number of carbonyl (C=O) groups is 3. The average Bonchev–Trinajstić information content (AvgIpc) is 3.14. The van der Waals surface area contributed by atoms with Crippen LogP contribution in [-0.2, 0) is 36.8 Å². The standard InChI is InChI=1S/C40H50N2O10/c1-4-49-32-22-27(23-33(43)41-30(21-25(2)3)28-15-9-10-16-31(28)42-19-11-6-12-20-42)17-18-29(32)38(47)52-40-36(46)34(44)35(45)37(51-40)39(48)50-24-26-13-7-5-8-14-26/h5,7-10,13-18,22,25,30,34-37,40,44-46H,4,6,11-12,19-21,23-24H2,1-3H3,(H,41,43)/t30?,34?,35-,36-,37?,40-/m1/s1. The molecule has 0 aliphatic carbocycles. The molecule has 5 rings (SSSR count). The number of hydrogen-bond donors (Lipinski definition) is 4. The van der Waals surface area contributed by atoms with Gasteiger partial charge in [-0.25, -0.2) is 9.59 Å². The molecule has 2 fully saturated rings. The van der Waals surface area contributed by atoms with Crippen LogP contribution in [0.1, 0.15) is 79.5 Å². The molecule has 0 radical (unpaired) electrons. The van der Waals surface area contributed by atoms with Crippen LogP contribution in [0.2, 0.25) is 0 Å². The highest BCUT2D eigenvalue weighted by molar-refractivity contribution is 5.93. The van der Waals surface area contributed by atoms with Gasteiger partial charge in [0, 0.05) is 18.8 Å². The molecule has 2 heterocycles. The number of aliphatic hydroxyl groups excluding tert-OH is 3. The number of anilines is 1. The molecule has 2 aliphatic rings. The second kappa shape index (κ2) is 18.3. The van der Waals surface area contributed by atoms with Gasteiger partial charge in [0.15, 0.2) is 6.10 Å². The summed E-state index contributed by atoms with van der Waals surface area (Å²) < 4.78 is 21.9. The molecule has 3 aromatic rings. The highest BCUT2D eigenvalue weighted by Crippen LogP contribution is 2.33. The normalized spacial score (nSPS) is 22.4. The summed E-state index contributed by atoms with van der Waals surface area (Å²) >= 11 is 0. The number of amides is 1. The Balaban J connectivity index is 1.26. The Morgan fingerprint density at radius 2 is 1.60 bits per heavy atom. The van der Waals surface area contributed by atoms with Crippen LogP contribution in [0.25, 0.3) is 0 Å². The maximum atomic E-state index is 13.5. The summed E-state index contributed by atoms with van der Waals surface area (Å²) in [4.78, 5) is 42.1. The second-order valence-corrected chi connectivity index (χ2v) is 13.7. The van der Waals surface area contributed by atoms with Gasteiger partial charge in [-0.1, -0.05) is 68.4 Å². The fourth-order valence-corrected chi connectivity index (χ4v) is 6.61. The van der Waals surface area contributed by atoms with E-state index in [1.165, 1.54) is 12.5 Å². The lowest BCUT2D eigenvalue weighted by Crippen LogP contribution is -2.60. The van der Waals surface area contributed by atoms with Gasteiger partial charge in [-0.05, 0) is 73.4 Å². The van der Waals surface area contributed by atoms with Gasteiger partial charge in [-0.15, -0.1) is 0 Å². The smallest absolute Gasteiger partial charge is 0.344 e. The second-order valence-electron chi connectivity index (χ2n) is 13.7. The lowest BCUT2D eigenvalue weighted by Gasteiger charge is -2.38. The number of rotatable bonds is 14. The van der Waals surface area contributed by atoms with E-state index in [-0.39, 0.29) is 42.9 Å². The third-order valence-electron chi connectivity index (χ3n) is 9.23. The van der Waals surface area contributed by atoms with E-state index in [1.54, 1.807) is 49.4 Å². The summed E-state index contributed by atoms with van der Waals surface area (Å²) in [6.45, 7) is 8.06. The number of carbonyl (C=O) groups excluding carboxylic acids is 3. The molecule has 1 amide bonds. The van der Waals surface area contributed by atoms with E-state index in [4.69, 9.17) is 18.9 Å². The zero-order valence-electron chi connectivity index (χ0n) is 30.0. The zero-order valence-corrected chi connectivity index (χ0v) is 30.0. The quantitative estimate of drug-likeness (QED) is 0.177. The van der Waals surface area contributed by atoms with Crippen molar-refractivity contribution in [2.45, 2.75) is 96.2 Å². The van der Waals surface area contributed by atoms with E-state index in [2.05, 4.69) is 36.2 Å². The van der Waals surface area contributed by atoms with E-state index in [0.29, 0.717) is 17.0 Å². The Kier molecular flexibility index (Phi) is 13.6. The minimum atomic E-state index is -1.88. The molecule has 12 nitrogen and oxygen atoms in total. The number of ether oxygens (including phenoxy) is 4. The minimum absolute atomic E-state index is 0.0250. The molecule has 0 saturated carbocycles. The highest BCUT2D eigenvalue weighted by atomic mass is 16.7. The Morgan fingerprint density at radius 3 is 2.31 bits per heavy atom. The van der Waals surface area contributed by atoms with E-state index >= 15 is 0 Å². The lowest BCUT2D eigenvalue weighted by atomic mass is 9.94. The first-order valence-electron chi connectivity index (χ1n) is 18.1. The summed E-state index contributed by atoms with van der Waals surface area (Å²) in [6, 6.07) is 21.5. The van der Waals surface area contributed by atoms with Gasteiger partial charge < -0.3 is 44.5 Å². The molecule has 3 aromatic carbocycles. The molecule has 12 heteroatoms. The van der Waals surface area contributed by atoms with Crippen molar-refractivity contribution in [3.63, 3.8) is 0 Å². The van der Waals surface area contributed by atoms with Crippen molar-refractivity contribution < 1.29 is 48.7 Å². The number of nitrogens with one attached hydrogen (secondary N) is 1. The number of hydrogen-bond acceptors (Lipinski definition) is 11. The lowest BCUT2D eigenvalue weighted by molar-refractivity contribution is -0.280. The predicted octanol–water partition coefficient (Wildman–Crippen LogP) is 4.23. The molecule has 280 valence electrons. The molecule has 52 heavy (non-hydrogen) atoms. The van der Waals surface area contributed by atoms with Crippen molar-refractivity contribution in [3.05, 3.63) is 95.1 Å². The summed E-state index contributed by atoms with van der Waals surface area (Å²) in [5.74, 6) is -1.70. The highest BCUT2D eigenvalue weighted by Gasteiger charge is 2.49. The van der Waals surface area contributed by atoms with Gasteiger partial charge in [0.2, 0.25) is 12.2 Å². The van der Waals surface area contributed by atoms with Gasteiger partial charge in [-0.2, -0.15) is 0 Å². The van der Waals surface area contributed by atoms with Crippen LogP contribution in [0.3, 0.4) is 0 Å². The monoisotopic (exact) mass is 718 g/mol. The molecule has 3 unspecified atom stereocenters. The molecule has 0 bridgehead atoms. The van der Waals surface area contributed by atoms with Crippen LogP contribution >= 0.6 is 0 Å². The first kappa shape index (κ1) is 38.7. The van der Waals surface area contributed by atoms with Crippen molar-refractivity contribution in [3.8, 4) is 5.75 Å². The minimum Gasteiger partial charge on any atom is -0.493 e. The zero-order chi connectivity index (χ0) is 37.2. The summed E-state index contributed by atoms with van der Waals surface area (Å²) in [6.07, 6.45) is -4.83. The van der Waals surface area contributed by atoms with Gasteiger partial charge in [0.05, 0.1) is 19.1 Å². The van der Waals surface area contributed by atoms with Crippen molar-refractivity contribution in [1.29, 1.82) is 0 Å². The number of para-hydroxylation sites is 1. The number of benzene rings is 3. The third kappa shape index (κ3) is 9.88. The van der Waals surface area contributed by atoms with Crippen LogP contribution in [0.15, 0.2) is 72.8 Å². The number of esters is 2. The maximum Gasteiger partial charge on any atom is 0.344 e. The molecule has 2 saturated heterocycles. The first-order chi connectivity index (χ1) is 25.0. The number of piperidine rings is 1. The fourth-order valence-electron chi connectivity index (χ4n) is 6.61. The van der Waals surface area contributed by atoms with Crippen molar-refractivity contribution in [2.24, 2.45) is 5.92 Å². The third-order valence-corrected chi connectivity index (χ3v) is 9.23. The van der Waals surface area contributed by atoms with Gasteiger partial charge in [-0.3, -0.25) is 4.79 Å². The molecule has 2 aliphatic heterocycles. The van der Waals surface area contributed by atoms with E-state index < -0.39 is 42.6 Å². The Labute approximate surface area is 304 Å². The Hall–Kier alpha value is -4.49. The van der Waals surface area contributed by atoms with E-state index in [1.807, 2.05) is 12.1 Å². The SMILES string of the molecule is CCOc1cc(CC(=O)NC(CC(C)C)c2ccccc2N2CCCCC2)ccc1C(=O)O[C@H]1OC(C(=O)OCc2ccccc2)[C@H](O)C(O)[C@H]1O. The van der Waals surface area contributed by atoms with Gasteiger partial charge in [0.25, 0.3) is 0 Å². The van der Waals surface area contributed by atoms with Crippen LogP contribution in [0.5, 0.6) is 5.75 Å². The van der Waals surface area contributed by atoms with E-state index in [0.717, 1.165) is 43.6 Å². The summed E-state index contributed by atoms with van der Waals surface area (Å²) in [5, 5.41) is 34.8. The van der Waals surface area contributed by atoms with E-state index in [9.17, 15) is 29.7 Å². The Bertz CT molecular complexity index is 1640. The molecular weight excluding hydrogens is 668 g/mol. The van der Waals surface area contributed by atoms with Gasteiger partial charge >= 0.3 is 11.9 Å². The molecular formula is C40H50N2O10. The molecule has 4 N–H and O–H groups in total. The first-order valence-corrected chi connectivity index (χ1v) is 18.1. The molecule has 6 atom stereocenters. The van der Waals surface area contributed by atoms with Crippen molar-refractivity contribution in [2.75, 3.05) is 24.6 Å². The predicted molar refractivity (Wildman–Crippen MR) is 192 cm³/mol. The molecule has 0 spiro atoms. The van der Waals surface area contributed by atoms with Crippen LogP contribution in [0.4, 0.5) is 5.69 Å². The van der Waals surface area contributed by atoms with Gasteiger partial charge in [0.1, 0.15) is 36.2 Å². The number of nitrogens with zero attached hydrogens (tertiary/aromatic N) is 1. The van der Waals surface area contributed by atoms with Crippen LogP contribution in [0, 0.1) is 5.92 Å². The van der Waals surface area contributed by atoms with Crippen molar-refractivity contribution in [1.82, 2.24) is 5.32 Å². The average molecular weight is 719 g/mol.